The van der Waals surface area contributed by atoms with Gasteiger partial charge in [-0.3, -0.25) is 0 Å². The molecule has 0 aromatic heterocycles. The van der Waals surface area contributed by atoms with Gasteiger partial charge in [0.25, 0.3) is 0 Å². The first-order valence-electron chi connectivity index (χ1n) is 5.54. The summed E-state index contributed by atoms with van der Waals surface area (Å²) < 4.78 is 13.1. The van der Waals surface area contributed by atoms with Crippen LogP contribution in [-0.4, -0.2) is 25.7 Å². The van der Waals surface area contributed by atoms with Crippen molar-refractivity contribution in [2.75, 3.05) is 24.5 Å². The predicted octanol–water partition coefficient (Wildman–Crippen LogP) is 2.01. The van der Waals surface area contributed by atoms with Gasteiger partial charge in [0.15, 0.2) is 0 Å². The van der Waals surface area contributed by atoms with E-state index in [-0.39, 0.29) is 5.82 Å². The molecule has 1 atom stereocenters. The summed E-state index contributed by atoms with van der Waals surface area (Å²) in [5.41, 5.74) is 1.00. The molecule has 0 saturated carbocycles. The van der Waals surface area contributed by atoms with E-state index in [4.69, 9.17) is 0 Å². The van der Waals surface area contributed by atoms with E-state index in [9.17, 15) is 4.39 Å². The van der Waals surface area contributed by atoms with Crippen molar-refractivity contribution in [3.05, 3.63) is 30.1 Å². The molecule has 15 heavy (non-hydrogen) atoms. The van der Waals surface area contributed by atoms with Gasteiger partial charge in [0.05, 0.1) is 0 Å². The van der Waals surface area contributed by atoms with Gasteiger partial charge in [0, 0.05) is 31.4 Å². The van der Waals surface area contributed by atoms with Crippen molar-refractivity contribution in [3.8, 4) is 0 Å². The zero-order chi connectivity index (χ0) is 10.7. The van der Waals surface area contributed by atoms with Gasteiger partial charge in [-0.15, -0.1) is 0 Å². The number of hydrogen-bond acceptors (Lipinski definition) is 2. The highest BCUT2D eigenvalue weighted by molar-refractivity contribution is 5.48. The highest BCUT2D eigenvalue weighted by Gasteiger charge is 2.20. The summed E-state index contributed by atoms with van der Waals surface area (Å²) in [6, 6.07) is 7.36. The van der Waals surface area contributed by atoms with Crippen LogP contribution in [0.25, 0.3) is 0 Å². The normalized spacial score (nSPS) is 21.7. The topological polar surface area (TPSA) is 15.3 Å². The fourth-order valence-electron chi connectivity index (χ4n) is 2.12. The maximum atomic E-state index is 13.1. The smallest absolute Gasteiger partial charge is 0.125 e. The van der Waals surface area contributed by atoms with E-state index in [0.29, 0.717) is 6.04 Å². The third kappa shape index (κ3) is 2.29. The quantitative estimate of drug-likeness (QED) is 0.800. The molecule has 1 aromatic rings. The van der Waals surface area contributed by atoms with Gasteiger partial charge >= 0.3 is 0 Å². The molecule has 0 spiro atoms. The van der Waals surface area contributed by atoms with Crippen LogP contribution in [0.2, 0.25) is 0 Å². The van der Waals surface area contributed by atoms with Crippen LogP contribution >= 0.6 is 0 Å². The molecular formula is C12H17FN2. The predicted molar refractivity (Wildman–Crippen MR) is 60.7 cm³/mol. The molecule has 82 valence electrons. The van der Waals surface area contributed by atoms with E-state index in [1.54, 1.807) is 12.1 Å². The van der Waals surface area contributed by atoms with Gasteiger partial charge in [-0.25, -0.2) is 4.39 Å². The first-order valence-corrected chi connectivity index (χ1v) is 5.54. The Morgan fingerprint density at radius 1 is 1.53 bits per heavy atom. The molecule has 1 unspecified atom stereocenters. The molecule has 0 aliphatic carbocycles. The van der Waals surface area contributed by atoms with Crippen molar-refractivity contribution >= 4 is 5.69 Å². The van der Waals surface area contributed by atoms with Crippen LogP contribution in [-0.2, 0) is 0 Å². The van der Waals surface area contributed by atoms with Crippen LogP contribution in [0.4, 0.5) is 10.1 Å². The molecule has 3 heteroatoms. The number of nitrogens with zero attached hydrogens (tertiary/aromatic N) is 1. The number of rotatable bonds is 2. The number of halogens is 1. The first kappa shape index (κ1) is 10.4. The maximum absolute atomic E-state index is 13.1. The van der Waals surface area contributed by atoms with E-state index in [1.165, 1.54) is 6.07 Å². The van der Waals surface area contributed by atoms with Crippen molar-refractivity contribution in [1.29, 1.82) is 0 Å². The summed E-state index contributed by atoms with van der Waals surface area (Å²) in [4.78, 5) is 2.29. The molecule has 2 nitrogen and oxygen atoms in total. The summed E-state index contributed by atoms with van der Waals surface area (Å²) in [5, 5.41) is 3.36. The minimum Gasteiger partial charge on any atom is -0.366 e. The fourth-order valence-corrected chi connectivity index (χ4v) is 2.12. The molecule has 1 N–H and O–H groups in total. The molecule has 1 saturated heterocycles. The van der Waals surface area contributed by atoms with Gasteiger partial charge in [-0.05, 0) is 24.6 Å². The van der Waals surface area contributed by atoms with Crippen LogP contribution in [0.3, 0.4) is 0 Å². The molecule has 0 amide bonds. The van der Waals surface area contributed by atoms with Gasteiger partial charge in [0.1, 0.15) is 5.82 Å². The Morgan fingerprint density at radius 3 is 3.13 bits per heavy atom. The molecule has 1 aromatic carbocycles. The number of benzene rings is 1. The first-order chi connectivity index (χ1) is 7.31. The van der Waals surface area contributed by atoms with Crippen molar-refractivity contribution in [3.63, 3.8) is 0 Å². The van der Waals surface area contributed by atoms with Crippen molar-refractivity contribution in [2.45, 2.75) is 19.4 Å². The maximum Gasteiger partial charge on any atom is 0.125 e. The Morgan fingerprint density at radius 2 is 2.40 bits per heavy atom. The summed E-state index contributed by atoms with van der Waals surface area (Å²) in [6.45, 7) is 5.10. The van der Waals surface area contributed by atoms with Crippen LogP contribution < -0.4 is 10.2 Å². The molecule has 0 radical (unpaired) electrons. The zero-order valence-electron chi connectivity index (χ0n) is 9.04. The monoisotopic (exact) mass is 208 g/mol. The van der Waals surface area contributed by atoms with E-state index < -0.39 is 0 Å². The molecule has 1 aliphatic heterocycles. The zero-order valence-corrected chi connectivity index (χ0v) is 9.04. The van der Waals surface area contributed by atoms with Crippen LogP contribution in [0.5, 0.6) is 0 Å². The molecule has 1 fully saturated rings. The third-order valence-corrected chi connectivity index (χ3v) is 2.96. The van der Waals surface area contributed by atoms with Gasteiger partial charge in [0.2, 0.25) is 0 Å². The lowest BCUT2D eigenvalue weighted by molar-refractivity contribution is 0.465. The minimum absolute atomic E-state index is 0.152. The van der Waals surface area contributed by atoms with E-state index in [1.807, 2.05) is 6.07 Å². The van der Waals surface area contributed by atoms with Gasteiger partial charge in [-0.2, -0.15) is 0 Å². The largest absolute Gasteiger partial charge is 0.366 e. The average Bonchev–Trinajstić information content (AvgIpc) is 2.29. The Kier molecular flexibility index (Phi) is 3.21. The highest BCUT2D eigenvalue weighted by Crippen LogP contribution is 2.20. The van der Waals surface area contributed by atoms with Crippen LogP contribution in [0.15, 0.2) is 24.3 Å². The second-order valence-corrected chi connectivity index (χ2v) is 3.94. The Hall–Kier alpha value is -1.09. The Bertz CT molecular complexity index is 327. The average molecular weight is 208 g/mol. The summed E-state index contributed by atoms with van der Waals surface area (Å²) >= 11 is 0. The second-order valence-electron chi connectivity index (χ2n) is 3.94. The molecular weight excluding hydrogens is 191 g/mol. The lowest BCUT2D eigenvalue weighted by Gasteiger charge is -2.37. The van der Waals surface area contributed by atoms with Gasteiger partial charge < -0.3 is 10.2 Å². The summed E-state index contributed by atoms with van der Waals surface area (Å²) in [6.07, 6.45) is 1.09. The van der Waals surface area contributed by atoms with Crippen molar-refractivity contribution in [1.82, 2.24) is 5.32 Å². The van der Waals surface area contributed by atoms with E-state index in [0.717, 1.165) is 31.7 Å². The second kappa shape index (κ2) is 4.62. The van der Waals surface area contributed by atoms with E-state index in [2.05, 4.69) is 17.1 Å². The molecule has 0 bridgehead atoms. The minimum atomic E-state index is -0.152. The SMILES string of the molecule is CCC1CNCCN1c1cccc(F)c1. The summed E-state index contributed by atoms with van der Waals surface area (Å²) in [7, 11) is 0. The Labute approximate surface area is 90.1 Å². The number of piperazine rings is 1. The standard InChI is InChI=1S/C12H17FN2/c1-2-11-9-14-6-7-15(11)12-5-3-4-10(13)8-12/h3-5,8,11,14H,2,6-7,9H2,1H3. The molecule has 1 aliphatic rings. The third-order valence-electron chi connectivity index (χ3n) is 2.96. The fraction of sp³-hybridized carbons (Fsp3) is 0.500. The summed E-state index contributed by atoms with van der Waals surface area (Å²) in [5.74, 6) is -0.152. The lowest BCUT2D eigenvalue weighted by atomic mass is 10.1. The van der Waals surface area contributed by atoms with Crippen LogP contribution in [0.1, 0.15) is 13.3 Å². The van der Waals surface area contributed by atoms with Crippen molar-refractivity contribution < 1.29 is 4.39 Å². The van der Waals surface area contributed by atoms with Crippen molar-refractivity contribution in [2.24, 2.45) is 0 Å². The highest BCUT2D eigenvalue weighted by atomic mass is 19.1. The van der Waals surface area contributed by atoms with E-state index >= 15 is 0 Å². The Balaban J connectivity index is 2.20. The molecule has 2 rings (SSSR count). The van der Waals surface area contributed by atoms with Crippen LogP contribution in [0, 0.1) is 5.82 Å². The number of anilines is 1. The molecule has 1 heterocycles. The number of hydrogen-bond donors (Lipinski definition) is 1. The lowest BCUT2D eigenvalue weighted by Crippen LogP contribution is -2.51. The number of nitrogens with one attached hydrogen (secondary N) is 1. The van der Waals surface area contributed by atoms with Gasteiger partial charge in [-0.1, -0.05) is 13.0 Å².